The first-order chi connectivity index (χ1) is 14.6. The Labute approximate surface area is 174 Å². The molecule has 8 nitrogen and oxygen atoms in total. The highest BCUT2D eigenvalue weighted by Crippen LogP contribution is 2.31. The average Bonchev–Trinajstić information content (AvgIpc) is 3.16. The zero-order chi connectivity index (χ0) is 20.7. The summed E-state index contributed by atoms with van der Waals surface area (Å²) in [4.78, 5) is 22.8. The van der Waals surface area contributed by atoms with E-state index in [2.05, 4.69) is 20.2 Å². The van der Waals surface area contributed by atoms with Crippen molar-refractivity contribution in [2.45, 2.75) is 0 Å². The summed E-state index contributed by atoms with van der Waals surface area (Å²) in [5, 5.41) is 6.91. The van der Waals surface area contributed by atoms with Gasteiger partial charge in [0.15, 0.2) is 17.3 Å². The van der Waals surface area contributed by atoms with Crippen LogP contribution in [-0.2, 0) is 0 Å². The molecule has 0 spiro atoms. The highest BCUT2D eigenvalue weighted by molar-refractivity contribution is 8.00. The second-order valence-electron chi connectivity index (χ2n) is 7.45. The lowest BCUT2D eigenvalue weighted by molar-refractivity contribution is 0.267. The van der Waals surface area contributed by atoms with Gasteiger partial charge in [0, 0.05) is 55.7 Å². The number of aromatic amines is 2. The minimum Gasteiger partial charge on any atom is -0.493 e. The Balaban J connectivity index is 1.28. The van der Waals surface area contributed by atoms with Crippen molar-refractivity contribution in [3.8, 4) is 5.75 Å². The molecular weight excluding hydrogens is 414 g/mol. The van der Waals surface area contributed by atoms with Crippen LogP contribution in [0.15, 0.2) is 23.1 Å². The lowest BCUT2D eigenvalue weighted by Crippen LogP contribution is -2.48. The Morgan fingerprint density at radius 2 is 1.83 bits per heavy atom. The van der Waals surface area contributed by atoms with Crippen LogP contribution in [0.3, 0.4) is 0 Å². The Morgan fingerprint density at radius 3 is 2.50 bits per heavy atom. The molecule has 4 heterocycles. The van der Waals surface area contributed by atoms with Crippen LogP contribution < -0.4 is 20.1 Å². The summed E-state index contributed by atoms with van der Waals surface area (Å²) in [5.41, 5.74) is 0.0791. The molecule has 2 N–H and O–H groups in total. The van der Waals surface area contributed by atoms with Crippen LogP contribution in [0.5, 0.6) is 5.75 Å². The summed E-state index contributed by atoms with van der Waals surface area (Å²) in [6.07, 6.45) is 1.42. The number of anilines is 2. The van der Waals surface area contributed by atoms with Gasteiger partial charge in [0.1, 0.15) is 16.8 Å². The zero-order valence-electron chi connectivity index (χ0n) is 16.0. The van der Waals surface area contributed by atoms with Crippen LogP contribution in [0, 0.1) is 17.6 Å². The Kier molecular flexibility index (Phi) is 4.97. The SMILES string of the molecule is O=c1[nH]c(N2CCN(c3c(F)cc(OCC4CSC4)cc3F)CC2)nc2[nH]ncc12. The summed E-state index contributed by atoms with van der Waals surface area (Å²) < 4.78 is 34.9. The van der Waals surface area contributed by atoms with Crippen LogP contribution in [-0.4, -0.2) is 64.5 Å². The van der Waals surface area contributed by atoms with Gasteiger partial charge in [-0.1, -0.05) is 0 Å². The van der Waals surface area contributed by atoms with Crippen molar-refractivity contribution < 1.29 is 13.5 Å². The molecule has 30 heavy (non-hydrogen) atoms. The van der Waals surface area contributed by atoms with Crippen LogP contribution >= 0.6 is 11.8 Å². The fourth-order valence-corrected chi connectivity index (χ4v) is 4.41. The molecule has 158 valence electrons. The molecule has 2 saturated heterocycles. The summed E-state index contributed by atoms with van der Waals surface area (Å²) in [5.74, 6) is 1.88. The highest BCUT2D eigenvalue weighted by Gasteiger charge is 2.25. The molecule has 0 unspecified atom stereocenters. The Hall–Kier alpha value is -2.82. The number of thioether (sulfide) groups is 1. The maximum atomic E-state index is 14.7. The standard InChI is InChI=1S/C19H20F2N6O2S/c20-14-5-12(29-8-11-9-30-10-11)6-15(21)16(14)26-1-3-27(4-2-26)19-23-17-13(7-22-25-17)18(28)24-19/h5-7,11H,1-4,8-10H2,(H2,22,23,24,25,28). The first kappa shape index (κ1) is 19.2. The molecule has 11 heteroatoms. The number of hydrogen-bond acceptors (Lipinski definition) is 7. The summed E-state index contributed by atoms with van der Waals surface area (Å²) >= 11 is 1.84. The Morgan fingerprint density at radius 1 is 1.13 bits per heavy atom. The number of nitrogens with one attached hydrogen (secondary N) is 2. The molecule has 3 aromatic rings. The summed E-state index contributed by atoms with van der Waals surface area (Å²) in [6, 6.07) is 2.50. The van der Waals surface area contributed by atoms with Crippen molar-refractivity contribution in [3.05, 3.63) is 40.3 Å². The molecule has 2 aliphatic heterocycles. The van der Waals surface area contributed by atoms with Crippen molar-refractivity contribution in [3.63, 3.8) is 0 Å². The van der Waals surface area contributed by atoms with Gasteiger partial charge in [0.05, 0.1) is 12.8 Å². The van der Waals surface area contributed by atoms with Gasteiger partial charge in [-0.3, -0.25) is 14.9 Å². The highest BCUT2D eigenvalue weighted by atomic mass is 32.2. The maximum Gasteiger partial charge on any atom is 0.263 e. The fourth-order valence-electron chi connectivity index (χ4n) is 3.65. The molecule has 0 bridgehead atoms. The van der Waals surface area contributed by atoms with E-state index in [9.17, 15) is 13.6 Å². The van der Waals surface area contributed by atoms with E-state index in [1.807, 2.05) is 16.7 Å². The van der Waals surface area contributed by atoms with Crippen molar-refractivity contribution in [2.24, 2.45) is 5.92 Å². The Bertz CT molecular complexity index is 1100. The molecule has 2 aromatic heterocycles. The summed E-state index contributed by atoms with van der Waals surface area (Å²) in [7, 11) is 0. The number of piperazine rings is 1. The quantitative estimate of drug-likeness (QED) is 0.635. The van der Waals surface area contributed by atoms with Crippen LogP contribution in [0.25, 0.3) is 11.0 Å². The molecule has 2 fully saturated rings. The predicted molar refractivity (Wildman–Crippen MR) is 112 cm³/mol. The number of aromatic nitrogens is 4. The van der Waals surface area contributed by atoms with Crippen molar-refractivity contribution in [2.75, 3.05) is 54.1 Å². The second-order valence-corrected chi connectivity index (χ2v) is 8.52. The lowest BCUT2D eigenvalue weighted by Gasteiger charge is -2.36. The number of fused-ring (bicyclic) bond motifs is 1. The van der Waals surface area contributed by atoms with Crippen LogP contribution in [0.1, 0.15) is 0 Å². The van der Waals surface area contributed by atoms with Crippen LogP contribution in [0.4, 0.5) is 20.4 Å². The fraction of sp³-hybridized carbons (Fsp3) is 0.421. The minimum atomic E-state index is -0.633. The number of halogens is 2. The molecule has 1 aromatic carbocycles. The predicted octanol–water partition coefficient (Wildman–Crippen LogP) is 1.99. The zero-order valence-corrected chi connectivity index (χ0v) is 16.8. The van der Waals surface area contributed by atoms with Crippen molar-refractivity contribution >= 4 is 34.4 Å². The lowest BCUT2D eigenvalue weighted by atomic mass is 10.2. The third kappa shape index (κ3) is 3.57. The topological polar surface area (TPSA) is 90.1 Å². The molecule has 0 aliphatic carbocycles. The van der Waals surface area contributed by atoms with Crippen molar-refractivity contribution in [1.82, 2.24) is 20.2 Å². The third-order valence-electron chi connectivity index (χ3n) is 5.39. The maximum absolute atomic E-state index is 14.7. The minimum absolute atomic E-state index is 0.0494. The summed E-state index contributed by atoms with van der Waals surface area (Å²) in [6.45, 7) is 2.17. The van der Waals surface area contributed by atoms with Gasteiger partial charge in [-0.2, -0.15) is 21.8 Å². The number of ether oxygens (including phenoxy) is 1. The van der Waals surface area contributed by atoms with Crippen molar-refractivity contribution in [1.29, 1.82) is 0 Å². The number of rotatable bonds is 5. The number of hydrogen-bond donors (Lipinski definition) is 2. The monoisotopic (exact) mass is 434 g/mol. The van der Waals surface area contributed by atoms with E-state index in [1.54, 1.807) is 4.90 Å². The largest absolute Gasteiger partial charge is 0.493 e. The first-order valence-electron chi connectivity index (χ1n) is 9.71. The van der Waals surface area contributed by atoms with Gasteiger partial charge >= 0.3 is 0 Å². The van der Waals surface area contributed by atoms with Gasteiger partial charge in [0.25, 0.3) is 5.56 Å². The third-order valence-corrected chi connectivity index (χ3v) is 6.80. The van der Waals surface area contributed by atoms with Gasteiger partial charge < -0.3 is 14.5 Å². The van der Waals surface area contributed by atoms with E-state index >= 15 is 0 Å². The van der Waals surface area contributed by atoms with E-state index in [0.29, 0.717) is 55.7 Å². The second kappa shape index (κ2) is 7.78. The van der Waals surface area contributed by atoms with E-state index in [1.165, 1.54) is 18.3 Å². The van der Waals surface area contributed by atoms with E-state index in [4.69, 9.17) is 4.74 Å². The first-order valence-corrected chi connectivity index (χ1v) is 10.9. The van der Waals surface area contributed by atoms with E-state index in [-0.39, 0.29) is 17.0 Å². The van der Waals surface area contributed by atoms with Gasteiger partial charge in [-0.05, 0) is 0 Å². The molecule has 0 radical (unpaired) electrons. The van der Waals surface area contributed by atoms with Gasteiger partial charge in [-0.25, -0.2) is 8.78 Å². The molecular formula is C19H20F2N6O2S. The van der Waals surface area contributed by atoms with Crippen LogP contribution in [0.2, 0.25) is 0 Å². The number of benzene rings is 1. The average molecular weight is 434 g/mol. The van der Waals surface area contributed by atoms with E-state index < -0.39 is 11.6 Å². The van der Waals surface area contributed by atoms with E-state index in [0.717, 1.165) is 11.5 Å². The normalized spacial score (nSPS) is 17.4. The molecule has 5 rings (SSSR count). The molecule has 0 amide bonds. The van der Waals surface area contributed by atoms with Gasteiger partial charge in [-0.15, -0.1) is 0 Å². The number of nitrogens with zero attached hydrogens (tertiary/aromatic N) is 4. The number of H-pyrrole nitrogens is 2. The molecule has 2 aliphatic rings. The molecule has 0 atom stereocenters. The molecule has 0 saturated carbocycles. The van der Waals surface area contributed by atoms with Gasteiger partial charge in [0.2, 0.25) is 5.95 Å². The smallest absolute Gasteiger partial charge is 0.263 e.